The molecule has 1 fully saturated rings. The minimum Gasteiger partial charge on any atom is -0.355 e. The summed E-state index contributed by atoms with van der Waals surface area (Å²) in [5.41, 5.74) is 7.25. The number of carbonyl (C=O) groups is 2. The van der Waals surface area contributed by atoms with Crippen LogP contribution in [0, 0.1) is 5.92 Å². The molecule has 132 valence electrons. The maximum atomic E-state index is 12.3. The van der Waals surface area contributed by atoms with Gasteiger partial charge in [0.15, 0.2) is 0 Å². The molecular weight excluding hydrogens is 338 g/mol. The molecule has 2 aromatic heterocycles. The Morgan fingerprint density at radius 1 is 1.44 bits per heavy atom. The van der Waals surface area contributed by atoms with Crippen LogP contribution in [0.1, 0.15) is 18.5 Å². The second-order valence-electron chi connectivity index (χ2n) is 6.05. The molecule has 3 heterocycles. The van der Waals surface area contributed by atoms with E-state index in [1.54, 1.807) is 23.7 Å². The molecule has 0 aliphatic carbocycles. The third-order valence-electron chi connectivity index (χ3n) is 4.24. The highest BCUT2D eigenvalue weighted by Gasteiger charge is 2.27. The van der Waals surface area contributed by atoms with Crippen LogP contribution in [0.3, 0.4) is 0 Å². The van der Waals surface area contributed by atoms with E-state index in [-0.39, 0.29) is 11.8 Å². The fourth-order valence-electron chi connectivity index (χ4n) is 2.89. The van der Waals surface area contributed by atoms with Gasteiger partial charge < -0.3 is 16.0 Å². The van der Waals surface area contributed by atoms with Crippen molar-refractivity contribution in [3.8, 4) is 10.6 Å². The number of likely N-dealkylation sites (tertiary alicyclic amines) is 1. The van der Waals surface area contributed by atoms with E-state index in [0.29, 0.717) is 26.1 Å². The van der Waals surface area contributed by atoms with Crippen LogP contribution in [-0.2, 0) is 11.2 Å². The maximum Gasteiger partial charge on any atom is 0.314 e. The normalized spacial score (nSPS) is 17.3. The number of hydrogen-bond donors (Lipinski definition) is 2. The molecule has 0 radical (unpaired) electrons. The van der Waals surface area contributed by atoms with Crippen LogP contribution < -0.4 is 11.1 Å². The molecule has 3 amide bonds. The molecule has 0 bridgehead atoms. The monoisotopic (exact) mass is 359 g/mol. The zero-order valence-electron chi connectivity index (χ0n) is 13.9. The molecule has 1 aliphatic heterocycles. The third kappa shape index (κ3) is 4.54. The molecule has 7 nitrogen and oxygen atoms in total. The van der Waals surface area contributed by atoms with E-state index in [1.165, 1.54) is 4.90 Å². The van der Waals surface area contributed by atoms with Crippen molar-refractivity contribution >= 4 is 23.3 Å². The number of aromatic nitrogens is 2. The SMILES string of the molecule is NC(=O)N1CCCC(C(=O)NCCc2csc(-c3cccnc3)n2)C1. The zero-order valence-corrected chi connectivity index (χ0v) is 14.7. The molecule has 1 saturated heterocycles. The second kappa shape index (κ2) is 8.06. The van der Waals surface area contributed by atoms with Crippen molar-refractivity contribution in [1.29, 1.82) is 0 Å². The molecule has 1 unspecified atom stereocenters. The van der Waals surface area contributed by atoms with Gasteiger partial charge in [0.25, 0.3) is 0 Å². The minimum atomic E-state index is -0.456. The lowest BCUT2D eigenvalue weighted by Gasteiger charge is -2.30. The quantitative estimate of drug-likeness (QED) is 0.847. The van der Waals surface area contributed by atoms with Crippen LogP contribution in [-0.4, -0.2) is 46.4 Å². The number of amides is 3. The van der Waals surface area contributed by atoms with Crippen LogP contribution in [0.25, 0.3) is 10.6 Å². The first-order valence-electron chi connectivity index (χ1n) is 8.30. The predicted molar refractivity (Wildman–Crippen MR) is 95.9 cm³/mol. The van der Waals surface area contributed by atoms with Gasteiger partial charge in [-0.1, -0.05) is 0 Å². The second-order valence-corrected chi connectivity index (χ2v) is 6.91. The van der Waals surface area contributed by atoms with Gasteiger partial charge in [0.2, 0.25) is 5.91 Å². The molecule has 25 heavy (non-hydrogen) atoms. The Bertz CT molecular complexity index is 734. The average molecular weight is 359 g/mol. The van der Waals surface area contributed by atoms with Crippen molar-refractivity contribution in [1.82, 2.24) is 20.2 Å². The highest BCUT2D eigenvalue weighted by molar-refractivity contribution is 7.13. The first kappa shape index (κ1) is 17.3. The Hall–Kier alpha value is -2.48. The number of nitrogens with zero attached hydrogens (tertiary/aromatic N) is 3. The van der Waals surface area contributed by atoms with E-state index in [1.807, 2.05) is 17.5 Å². The average Bonchev–Trinajstić information content (AvgIpc) is 3.11. The highest BCUT2D eigenvalue weighted by Crippen LogP contribution is 2.22. The van der Waals surface area contributed by atoms with Gasteiger partial charge in [-0.05, 0) is 25.0 Å². The van der Waals surface area contributed by atoms with Gasteiger partial charge in [-0.2, -0.15) is 0 Å². The number of pyridine rings is 1. The molecule has 0 saturated carbocycles. The Labute approximate surface area is 150 Å². The van der Waals surface area contributed by atoms with Crippen molar-refractivity contribution in [3.63, 3.8) is 0 Å². The number of urea groups is 1. The van der Waals surface area contributed by atoms with Gasteiger partial charge in [-0.25, -0.2) is 9.78 Å². The summed E-state index contributed by atoms with van der Waals surface area (Å²) in [7, 11) is 0. The smallest absolute Gasteiger partial charge is 0.314 e. The lowest BCUT2D eigenvalue weighted by molar-refractivity contribution is -0.126. The van der Waals surface area contributed by atoms with Crippen molar-refractivity contribution in [2.75, 3.05) is 19.6 Å². The summed E-state index contributed by atoms with van der Waals surface area (Å²) in [5.74, 6) is -0.198. The topological polar surface area (TPSA) is 101 Å². The Morgan fingerprint density at radius 3 is 3.08 bits per heavy atom. The van der Waals surface area contributed by atoms with E-state index in [2.05, 4.69) is 15.3 Å². The molecule has 3 N–H and O–H groups in total. The van der Waals surface area contributed by atoms with E-state index in [0.717, 1.165) is 29.1 Å². The largest absolute Gasteiger partial charge is 0.355 e. The summed E-state index contributed by atoms with van der Waals surface area (Å²) in [6.07, 6.45) is 5.80. The number of carbonyl (C=O) groups excluding carboxylic acids is 2. The van der Waals surface area contributed by atoms with Gasteiger partial charge in [-0.3, -0.25) is 9.78 Å². The molecule has 2 aromatic rings. The number of primary amides is 1. The summed E-state index contributed by atoms with van der Waals surface area (Å²) < 4.78 is 0. The van der Waals surface area contributed by atoms with Gasteiger partial charge in [0, 0.05) is 49.4 Å². The molecule has 3 rings (SSSR count). The number of rotatable bonds is 5. The molecule has 1 aliphatic rings. The van der Waals surface area contributed by atoms with Gasteiger partial charge in [0.1, 0.15) is 5.01 Å². The van der Waals surface area contributed by atoms with Crippen molar-refractivity contribution in [3.05, 3.63) is 35.6 Å². The predicted octanol–water partition coefficient (Wildman–Crippen LogP) is 1.65. The first-order valence-corrected chi connectivity index (χ1v) is 9.18. The molecule has 8 heteroatoms. The summed E-state index contributed by atoms with van der Waals surface area (Å²) in [5, 5.41) is 5.88. The van der Waals surface area contributed by atoms with E-state index in [9.17, 15) is 9.59 Å². The van der Waals surface area contributed by atoms with Crippen molar-refractivity contribution in [2.45, 2.75) is 19.3 Å². The van der Waals surface area contributed by atoms with E-state index < -0.39 is 6.03 Å². The van der Waals surface area contributed by atoms with Gasteiger partial charge in [-0.15, -0.1) is 11.3 Å². The van der Waals surface area contributed by atoms with Crippen LogP contribution in [0.2, 0.25) is 0 Å². The Balaban J connectivity index is 1.47. The minimum absolute atomic E-state index is 0.0198. The molecule has 0 spiro atoms. The number of piperidine rings is 1. The zero-order chi connectivity index (χ0) is 17.6. The summed E-state index contributed by atoms with van der Waals surface area (Å²) in [6.45, 7) is 1.57. The van der Waals surface area contributed by atoms with Gasteiger partial charge >= 0.3 is 6.03 Å². The van der Waals surface area contributed by atoms with Crippen LogP contribution >= 0.6 is 11.3 Å². The number of nitrogens with one attached hydrogen (secondary N) is 1. The van der Waals surface area contributed by atoms with E-state index in [4.69, 9.17) is 5.73 Å². The van der Waals surface area contributed by atoms with Crippen LogP contribution in [0.5, 0.6) is 0 Å². The summed E-state index contributed by atoms with van der Waals surface area (Å²) >= 11 is 1.57. The number of nitrogens with two attached hydrogens (primary N) is 1. The number of hydrogen-bond acceptors (Lipinski definition) is 5. The van der Waals surface area contributed by atoms with Crippen molar-refractivity contribution < 1.29 is 9.59 Å². The number of thiazole rings is 1. The first-order chi connectivity index (χ1) is 12.1. The maximum absolute atomic E-state index is 12.3. The summed E-state index contributed by atoms with van der Waals surface area (Å²) in [4.78, 5) is 33.7. The fraction of sp³-hybridized carbons (Fsp3) is 0.412. The molecular formula is C17H21N5O2S. The Kier molecular flexibility index (Phi) is 5.60. The highest BCUT2D eigenvalue weighted by atomic mass is 32.1. The lowest BCUT2D eigenvalue weighted by Crippen LogP contribution is -2.47. The van der Waals surface area contributed by atoms with E-state index >= 15 is 0 Å². The standard InChI is InChI=1S/C17H21N5O2S/c18-17(24)22-8-2-4-13(10-22)15(23)20-7-5-14-11-25-16(21-14)12-3-1-6-19-9-12/h1,3,6,9,11,13H,2,4-5,7-8,10H2,(H2,18,24)(H,20,23). The molecule has 0 aromatic carbocycles. The van der Waals surface area contributed by atoms with Gasteiger partial charge in [0.05, 0.1) is 11.6 Å². The van der Waals surface area contributed by atoms with Crippen LogP contribution in [0.4, 0.5) is 4.79 Å². The molecule has 1 atom stereocenters. The fourth-order valence-corrected chi connectivity index (χ4v) is 3.74. The Morgan fingerprint density at radius 2 is 2.32 bits per heavy atom. The summed E-state index contributed by atoms with van der Waals surface area (Å²) in [6, 6.07) is 3.41. The van der Waals surface area contributed by atoms with Crippen LogP contribution in [0.15, 0.2) is 29.9 Å². The lowest BCUT2D eigenvalue weighted by atomic mass is 9.97. The van der Waals surface area contributed by atoms with Crippen molar-refractivity contribution in [2.24, 2.45) is 11.7 Å². The third-order valence-corrected chi connectivity index (χ3v) is 5.18.